The van der Waals surface area contributed by atoms with Crippen LogP contribution in [0, 0.1) is 0 Å². The lowest BCUT2D eigenvalue weighted by atomic mass is 10.2. The van der Waals surface area contributed by atoms with Crippen molar-refractivity contribution in [2.45, 2.75) is 5.33 Å². The van der Waals surface area contributed by atoms with E-state index in [4.69, 9.17) is 27.9 Å². The van der Waals surface area contributed by atoms with Crippen LogP contribution in [0.15, 0.2) is 42.5 Å². The fourth-order valence-electron chi connectivity index (χ4n) is 1.39. The highest BCUT2D eigenvalue weighted by molar-refractivity contribution is 9.08. The molecular weight excluding hydrogens is 323 g/mol. The molecule has 0 aliphatic heterocycles. The summed E-state index contributed by atoms with van der Waals surface area (Å²) < 4.78 is 5.77. The van der Waals surface area contributed by atoms with Gasteiger partial charge in [0.05, 0.1) is 5.02 Å². The van der Waals surface area contributed by atoms with Gasteiger partial charge in [0, 0.05) is 15.9 Å². The molecule has 0 heterocycles. The Balaban J connectivity index is 2.32. The SMILES string of the molecule is Clc1ccc(Oc2c(Cl)cccc2CBr)cc1. The Kier molecular flexibility index (Phi) is 4.32. The number of halogens is 3. The average Bonchev–Trinajstić information content (AvgIpc) is 2.34. The monoisotopic (exact) mass is 330 g/mol. The van der Waals surface area contributed by atoms with Crippen molar-refractivity contribution in [3.05, 3.63) is 58.1 Å². The van der Waals surface area contributed by atoms with Crippen molar-refractivity contribution >= 4 is 39.1 Å². The molecule has 17 heavy (non-hydrogen) atoms. The van der Waals surface area contributed by atoms with Gasteiger partial charge in [-0.2, -0.15) is 0 Å². The highest BCUT2D eigenvalue weighted by Gasteiger charge is 2.08. The molecule has 2 aromatic rings. The summed E-state index contributed by atoms with van der Waals surface area (Å²) in [5, 5.41) is 1.96. The van der Waals surface area contributed by atoms with Crippen LogP contribution in [0.1, 0.15) is 5.56 Å². The van der Waals surface area contributed by atoms with Crippen molar-refractivity contribution in [2.24, 2.45) is 0 Å². The Morgan fingerprint density at radius 2 is 1.71 bits per heavy atom. The second kappa shape index (κ2) is 5.76. The van der Waals surface area contributed by atoms with Crippen LogP contribution in [0.2, 0.25) is 10.0 Å². The lowest BCUT2D eigenvalue weighted by Crippen LogP contribution is -1.90. The lowest BCUT2D eigenvalue weighted by molar-refractivity contribution is 0.479. The molecule has 0 saturated heterocycles. The number of benzene rings is 2. The van der Waals surface area contributed by atoms with E-state index in [9.17, 15) is 0 Å². The largest absolute Gasteiger partial charge is 0.455 e. The standard InChI is InChI=1S/C13H9BrCl2O/c14-8-9-2-1-3-12(16)13(9)17-11-6-4-10(15)5-7-11/h1-7H,8H2. The Hall–Kier alpha value is -0.700. The molecule has 0 saturated carbocycles. The van der Waals surface area contributed by atoms with Crippen molar-refractivity contribution in [3.63, 3.8) is 0 Å². The zero-order valence-corrected chi connectivity index (χ0v) is 11.9. The number of rotatable bonds is 3. The maximum absolute atomic E-state index is 6.12. The normalized spacial score (nSPS) is 10.3. The van der Waals surface area contributed by atoms with Gasteiger partial charge in [0.1, 0.15) is 11.5 Å². The first-order chi connectivity index (χ1) is 8.20. The fourth-order valence-corrected chi connectivity index (χ4v) is 2.19. The van der Waals surface area contributed by atoms with E-state index in [-0.39, 0.29) is 0 Å². The van der Waals surface area contributed by atoms with E-state index in [2.05, 4.69) is 15.9 Å². The quantitative estimate of drug-likeness (QED) is 0.657. The molecule has 0 aromatic heterocycles. The molecule has 88 valence electrons. The molecule has 0 radical (unpaired) electrons. The molecule has 0 aliphatic rings. The molecule has 0 unspecified atom stereocenters. The summed E-state index contributed by atoms with van der Waals surface area (Å²) >= 11 is 15.3. The van der Waals surface area contributed by atoms with Crippen molar-refractivity contribution in [1.29, 1.82) is 0 Å². The highest BCUT2D eigenvalue weighted by atomic mass is 79.9. The van der Waals surface area contributed by atoms with Gasteiger partial charge in [-0.3, -0.25) is 0 Å². The summed E-state index contributed by atoms with van der Waals surface area (Å²) in [6.45, 7) is 0. The van der Waals surface area contributed by atoms with Gasteiger partial charge in [-0.25, -0.2) is 0 Å². The van der Waals surface area contributed by atoms with Gasteiger partial charge >= 0.3 is 0 Å². The molecule has 0 amide bonds. The third-order valence-corrected chi connectivity index (χ3v) is 3.38. The molecule has 0 spiro atoms. The van der Waals surface area contributed by atoms with E-state index in [1.54, 1.807) is 18.2 Å². The second-order valence-electron chi connectivity index (χ2n) is 3.42. The van der Waals surface area contributed by atoms with Crippen molar-refractivity contribution in [2.75, 3.05) is 0 Å². The van der Waals surface area contributed by atoms with Gasteiger partial charge in [0.2, 0.25) is 0 Å². The van der Waals surface area contributed by atoms with Crippen LogP contribution in [0.25, 0.3) is 0 Å². The predicted octanol–water partition coefficient (Wildman–Crippen LogP) is 5.68. The molecule has 0 fully saturated rings. The Bertz CT molecular complexity index is 511. The third kappa shape index (κ3) is 3.15. The summed E-state index contributed by atoms with van der Waals surface area (Å²) in [6.07, 6.45) is 0. The van der Waals surface area contributed by atoms with Gasteiger partial charge < -0.3 is 4.74 Å². The molecule has 0 atom stereocenters. The third-order valence-electron chi connectivity index (χ3n) is 2.23. The van der Waals surface area contributed by atoms with Crippen LogP contribution >= 0.6 is 39.1 Å². The minimum absolute atomic E-state index is 0.594. The topological polar surface area (TPSA) is 9.23 Å². The minimum atomic E-state index is 0.594. The maximum atomic E-state index is 6.12. The van der Waals surface area contributed by atoms with Crippen molar-refractivity contribution in [1.82, 2.24) is 0 Å². The molecule has 2 aromatic carbocycles. The summed E-state index contributed by atoms with van der Waals surface area (Å²) in [5.74, 6) is 1.39. The minimum Gasteiger partial charge on any atom is -0.455 e. The molecule has 4 heteroatoms. The van der Waals surface area contributed by atoms with Gasteiger partial charge in [0.15, 0.2) is 0 Å². The van der Waals surface area contributed by atoms with Gasteiger partial charge in [-0.15, -0.1) is 0 Å². The van der Waals surface area contributed by atoms with Crippen LogP contribution in [0.5, 0.6) is 11.5 Å². The summed E-state index contributed by atoms with van der Waals surface area (Å²) in [4.78, 5) is 0. The second-order valence-corrected chi connectivity index (χ2v) is 4.82. The van der Waals surface area contributed by atoms with Crippen molar-refractivity contribution < 1.29 is 4.74 Å². The zero-order chi connectivity index (χ0) is 12.3. The summed E-state index contributed by atoms with van der Waals surface area (Å²) in [5.41, 5.74) is 1.01. The van der Waals surface area contributed by atoms with E-state index in [0.29, 0.717) is 26.9 Å². The van der Waals surface area contributed by atoms with Crippen LogP contribution in [-0.2, 0) is 5.33 Å². The van der Waals surface area contributed by atoms with E-state index in [0.717, 1.165) is 5.56 Å². The molecule has 0 aliphatic carbocycles. The van der Waals surface area contributed by atoms with E-state index < -0.39 is 0 Å². The van der Waals surface area contributed by atoms with Crippen LogP contribution < -0.4 is 4.74 Å². The number of ether oxygens (including phenoxy) is 1. The first kappa shape index (κ1) is 12.7. The van der Waals surface area contributed by atoms with Crippen LogP contribution in [0.3, 0.4) is 0 Å². The van der Waals surface area contributed by atoms with Crippen LogP contribution in [-0.4, -0.2) is 0 Å². The van der Waals surface area contributed by atoms with Gasteiger partial charge in [-0.05, 0) is 30.3 Å². The molecule has 0 N–H and O–H groups in total. The van der Waals surface area contributed by atoms with E-state index in [1.807, 2.05) is 24.3 Å². The zero-order valence-electron chi connectivity index (χ0n) is 8.79. The van der Waals surface area contributed by atoms with Crippen molar-refractivity contribution in [3.8, 4) is 11.5 Å². The van der Waals surface area contributed by atoms with Gasteiger partial charge in [-0.1, -0.05) is 51.3 Å². The molecular formula is C13H9BrCl2O. The maximum Gasteiger partial charge on any atom is 0.150 e. The smallest absolute Gasteiger partial charge is 0.150 e. The first-order valence-electron chi connectivity index (χ1n) is 4.97. The predicted molar refractivity (Wildman–Crippen MR) is 75.6 cm³/mol. The number of hydrogen-bond acceptors (Lipinski definition) is 1. The first-order valence-corrected chi connectivity index (χ1v) is 6.85. The van der Waals surface area contributed by atoms with Gasteiger partial charge in [0.25, 0.3) is 0 Å². The Labute approximate surface area is 118 Å². The Morgan fingerprint density at radius 1 is 1.00 bits per heavy atom. The van der Waals surface area contributed by atoms with E-state index >= 15 is 0 Å². The molecule has 0 bridgehead atoms. The summed E-state index contributed by atoms with van der Waals surface area (Å²) in [6, 6.07) is 12.8. The average molecular weight is 332 g/mol. The number of para-hydroxylation sites is 1. The van der Waals surface area contributed by atoms with E-state index in [1.165, 1.54) is 0 Å². The van der Waals surface area contributed by atoms with Crippen LogP contribution in [0.4, 0.5) is 0 Å². The fraction of sp³-hybridized carbons (Fsp3) is 0.0769. The number of alkyl halides is 1. The molecule has 2 rings (SSSR count). The highest BCUT2D eigenvalue weighted by Crippen LogP contribution is 2.34. The number of hydrogen-bond donors (Lipinski definition) is 0. The summed E-state index contributed by atoms with van der Waals surface area (Å²) in [7, 11) is 0. The molecule has 1 nitrogen and oxygen atoms in total. The lowest BCUT2D eigenvalue weighted by Gasteiger charge is -2.11. The Morgan fingerprint density at radius 3 is 2.35 bits per heavy atom.